The van der Waals surface area contributed by atoms with Gasteiger partial charge in [0.25, 0.3) is 0 Å². The molecule has 16 heavy (non-hydrogen) atoms. The monoisotopic (exact) mass is 224 g/mol. The van der Waals surface area contributed by atoms with E-state index in [-0.39, 0.29) is 11.8 Å². The predicted molar refractivity (Wildman–Crippen MR) is 64.9 cm³/mol. The van der Waals surface area contributed by atoms with Gasteiger partial charge in [0.2, 0.25) is 11.8 Å². The van der Waals surface area contributed by atoms with Gasteiger partial charge in [-0.1, -0.05) is 20.1 Å². The van der Waals surface area contributed by atoms with Crippen LogP contribution in [0.4, 0.5) is 0 Å². The topological polar surface area (TPSA) is 58.2 Å². The smallest absolute Gasteiger partial charge is 0.243 e. The van der Waals surface area contributed by atoms with E-state index >= 15 is 0 Å². The average molecular weight is 224 g/mol. The summed E-state index contributed by atoms with van der Waals surface area (Å²) in [7, 11) is 0. The Labute approximate surface area is 96.8 Å². The summed E-state index contributed by atoms with van der Waals surface area (Å²) in [4.78, 5) is 20.8. The third-order valence-corrected chi connectivity index (χ3v) is 1.84. The zero-order valence-corrected chi connectivity index (χ0v) is 9.79. The molecule has 0 aliphatic heterocycles. The first-order chi connectivity index (χ1) is 7.63. The molecule has 0 aromatic carbocycles. The summed E-state index contributed by atoms with van der Waals surface area (Å²) in [5.74, 6) is -0.139. The van der Waals surface area contributed by atoms with E-state index in [4.69, 9.17) is 0 Å². The highest BCUT2D eigenvalue weighted by molar-refractivity contribution is 5.87. The highest BCUT2D eigenvalue weighted by Gasteiger charge is 2.21. The van der Waals surface area contributed by atoms with Crippen molar-refractivity contribution in [3.63, 3.8) is 0 Å². The minimum Gasteiger partial charge on any atom is -0.353 e. The van der Waals surface area contributed by atoms with E-state index in [0.717, 1.165) is 25.8 Å². The molecule has 2 amide bonds. The van der Waals surface area contributed by atoms with E-state index in [1.54, 1.807) is 0 Å². The van der Waals surface area contributed by atoms with Crippen LogP contribution in [-0.4, -0.2) is 24.4 Å². The number of rotatable bonds is 5. The van der Waals surface area contributed by atoms with Gasteiger partial charge in [-0.05, 0) is 31.4 Å². The van der Waals surface area contributed by atoms with Crippen LogP contribution < -0.4 is 10.6 Å². The summed E-state index contributed by atoms with van der Waals surface area (Å²) in [5.41, 5.74) is 0. The van der Waals surface area contributed by atoms with Gasteiger partial charge in [0.15, 0.2) is 0 Å². The highest BCUT2D eigenvalue weighted by atomic mass is 16.2. The lowest BCUT2D eigenvalue weighted by Crippen LogP contribution is -2.22. The van der Waals surface area contributed by atoms with Crippen molar-refractivity contribution in [3.8, 4) is 0 Å². The fraction of sp³-hybridized carbons (Fsp3) is 0.500. The molecule has 0 bridgehead atoms. The van der Waals surface area contributed by atoms with E-state index < -0.39 is 0 Å². The Hall–Kier alpha value is -1.58. The Morgan fingerprint density at radius 1 is 1.25 bits per heavy atom. The van der Waals surface area contributed by atoms with Crippen LogP contribution in [-0.2, 0) is 9.59 Å². The minimum absolute atomic E-state index is 0.0486. The molecule has 90 valence electrons. The third kappa shape index (κ3) is 8.99. The Kier molecular flexibility index (Phi) is 7.85. The second-order valence-corrected chi connectivity index (χ2v) is 3.48. The maximum atomic E-state index is 10.4. The van der Waals surface area contributed by atoms with Crippen LogP contribution in [0.3, 0.4) is 0 Å². The van der Waals surface area contributed by atoms with Gasteiger partial charge in [0, 0.05) is 12.6 Å². The van der Waals surface area contributed by atoms with Gasteiger partial charge in [-0.3, -0.25) is 9.59 Å². The first-order valence-corrected chi connectivity index (χ1v) is 5.47. The molecule has 0 radical (unpaired) electrons. The van der Waals surface area contributed by atoms with Gasteiger partial charge in [-0.15, -0.1) is 0 Å². The fourth-order valence-corrected chi connectivity index (χ4v) is 0.808. The molecule has 1 saturated carbocycles. The van der Waals surface area contributed by atoms with Crippen molar-refractivity contribution < 1.29 is 9.59 Å². The molecule has 1 aliphatic rings. The van der Waals surface area contributed by atoms with Crippen LogP contribution >= 0.6 is 0 Å². The van der Waals surface area contributed by atoms with Crippen LogP contribution in [0.2, 0.25) is 0 Å². The van der Waals surface area contributed by atoms with Gasteiger partial charge >= 0.3 is 0 Å². The fourth-order valence-electron chi connectivity index (χ4n) is 0.808. The minimum atomic E-state index is -0.0909. The molecule has 1 rings (SSSR count). The first-order valence-electron chi connectivity index (χ1n) is 5.47. The second kappa shape index (κ2) is 8.71. The second-order valence-electron chi connectivity index (χ2n) is 3.48. The maximum absolute atomic E-state index is 10.4. The van der Waals surface area contributed by atoms with Crippen molar-refractivity contribution in [2.24, 2.45) is 0 Å². The first kappa shape index (κ1) is 14.4. The van der Waals surface area contributed by atoms with E-state index in [0.29, 0.717) is 6.04 Å². The number of hydrogen-bond donors (Lipinski definition) is 2. The zero-order valence-electron chi connectivity index (χ0n) is 9.79. The molecule has 1 fully saturated rings. The molecular weight excluding hydrogens is 204 g/mol. The van der Waals surface area contributed by atoms with Gasteiger partial charge in [-0.2, -0.15) is 0 Å². The number of nitrogens with one attached hydrogen (secondary N) is 2. The van der Waals surface area contributed by atoms with Crippen molar-refractivity contribution in [2.75, 3.05) is 6.54 Å². The Morgan fingerprint density at radius 2 is 1.81 bits per heavy atom. The van der Waals surface area contributed by atoms with Crippen LogP contribution in [0.1, 0.15) is 26.2 Å². The van der Waals surface area contributed by atoms with Crippen LogP contribution in [0.5, 0.6) is 0 Å². The Morgan fingerprint density at radius 3 is 2.19 bits per heavy atom. The standard InChI is InChI=1S/C6H9NO.C6H11NO/c1-2-6(8)7-5-3-4-5;1-3-5-7-6(8)4-2/h2,5H,1,3-4H2,(H,7,8);4H,2-3,5H2,1H3,(H,7,8). The SMILES string of the molecule is C=CC(=O)NC1CC1.C=CC(=O)NCCC. The van der Waals surface area contributed by atoms with Crippen LogP contribution in [0.25, 0.3) is 0 Å². The molecule has 4 nitrogen and oxygen atoms in total. The molecule has 0 unspecified atom stereocenters. The van der Waals surface area contributed by atoms with E-state index in [1.165, 1.54) is 12.2 Å². The number of amides is 2. The van der Waals surface area contributed by atoms with Gasteiger partial charge in [-0.25, -0.2) is 0 Å². The average Bonchev–Trinajstić information content (AvgIpc) is 3.10. The molecule has 0 spiro atoms. The van der Waals surface area contributed by atoms with E-state index in [2.05, 4.69) is 23.8 Å². The molecule has 0 heterocycles. The van der Waals surface area contributed by atoms with Gasteiger partial charge in [0.1, 0.15) is 0 Å². The van der Waals surface area contributed by atoms with E-state index in [1.807, 2.05) is 6.92 Å². The molecular formula is C12H20N2O2. The molecule has 1 aliphatic carbocycles. The van der Waals surface area contributed by atoms with Crippen LogP contribution in [0.15, 0.2) is 25.3 Å². The summed E-state index contributed by atoms with van der Waals surface area (Å²) in [6, 6.07) is 0.459. The summed E-state index contributed by atoms with van der Waals surface area (Å²) < 4.78 is 0. The number of carbonyl (C=O) groups excluding carboxylic acids is 2. The highest BCUT2D eigenvalue weighted by Crippen LogP contribution is 2.18. The van der Waals surface area contributed by atoms with Gasteiger partial charge < -0.3 is 10.6 Å². The van der Waals surface area contributed by atoms with Crippen molar-refractivity contribution >= 4 is 11.8 Å². The Balaban J connectivity index is 0.000000281. The number of hydrogen-bond acceptors (Lipinski definition) is 2. The lowest BCUT2D eigenvalue weighted by atomic mass is 10.4. The molecule has 0 aromatic heterocycles. The lowest BCUT2D eigenvalue weighted by Gasteiger charge is -1.94. The molecule has 2 N–H and O–H groups in total. The summed E-state index contributed by atoms with van der Waals surface area (Å²) in [6.45, 7) is 9.38. The normalized spacial score (nSPS) is 12.8. The third-order valence-electron chi connectivity index (χ3n) is 1.84. The van der Waals surface area contributed by atoms with Crippen molar-refractivity contribution in [2.45, 2.75) is 32.2 Å². The summed E-state index contributed by atoms with van der Waals surface area (Å²) >= 11 is 0. The zero-order chi connectivity index (χ0) is 12.4. The van der Waals surface area contributed by atoms with Gasteiger partial charge in [0.05, 0.1) is 0 Å². The number of carbonyl (C=O) groups is 2. The van der Waals surface area contributed by atoms with Crippen molar-refractivity contribution in [1.82, 2.24) is 10.6 Å². The van der Waals surface area contributed by atoms with Crippen molar-refractivity contribution in [1.29, 1.82) is 0 Å². The quantitative estimate of drug-likeness (QED) is 0.688. The molecule has 0 aromatic rings. The molecule has 4 heteroatoms. The summed E-state index contributed by atoms with van der Waals surface area (Å²) in [6.07, 6.45) is 5.83. The Bertz CT molecular complexity index is 258. The summed E-state index contributed by atoms with van der Waals surface area (Å²) in [5, 5.41) is 5.37. The lowest BCUT2D eigenvalue weighted by molar-refractivity contribution is -0.117. The predicted octanol–water partition coefficient (Wildman–Crippen LogP) is 1.15. The molecule has 0 saturated heterocycles. The largest absolute Gasteiger partial charge is 0.353 e. The van der Waals surface area contributed by atoms with Crippen molar-refractivity contribution in [3.05, 3.63) is 25.3 Å². The maximum Gasteiger partial charge on any atom is 0.243 e. The van der Waals surface area contributed by atoms with E-state index in [9.17, 15) is 9.59 Å². The van der Waals surface area contributed by atoms with Crippen LogP contribution in [0, 0.1) is 0 Å². The molecule has 0 atom stereocenters.